The second kappa shape index (κ2) is 4.33. The molecule has 0 amide bonds. The van der Waals surface area contributed by atoms with E-state index in [0.29, 0.717) is 18.0 Å². The van der Waals surface area contributed by atoms with Crippen molar-refractivity contribution in [2.75, 3.05) is 20.5 Å². The van der Waals surface area contributed by atoms with Crippen LogP contribution in [0.2, 0.25) is 0 Å². The Kier molecular flexibility index (Phi) is 2.80. The van der Waals surface area contributed by atoms with Gasteiger partial charge in [0.2, 0.25) is 12.5 Å². The van der Waals surface area contributed by atoms with Crippen LogP contribution in [0.3, 0.4) is 0 Å². The minimum atomic E-state index is -0.0659. The maximum Gasteiger partial charge on any atom is 0.231 e. The maximum atomic E-state index is 9.26. The molecule has 98 valence electrons. The van der Waals surface area contributed by atoms with Gasteiger partial charge in [0, 0.05) is 12.1 Å². The summed E-state index contributed by atoms with van der Waals surface area (Å²) in [7, 11) is 1.62. The number of methoxy groups -OCH3 is 1. The summed E-state index contributed by atoms with van der Waals surface area (Å²) in [5.41, 5.74) is 1.000. The van der Waals surface area contributed by atoms with Gasteiger partial charge >= 0.3 is 0 Å². The molecule has 2 N–H and O–H groups in total. The van der Waals surface area contributed by atoms with Crippen LogP contribution in [-0.2, 0) is 6.54 Å². The van der Waals surface area contributed by atoms with Crippen molar-refractivity contribution < 1.29 is 19.3 Å². The molecule has 5 heteroatoms. The number of hydrogen-bond donors (Lipinski definition) is 2. The van der Waals surface area contributed by atoms with E-state index in [1.54, 1.807) is 7.11 Å². The Balaban J connectivity index is 1.76. The number of nitrogens with one attached hydrogen (secondary N) is 1. The molecule has 0 radical (unpaired) electrons. The van der Waals surface area contributed by atoms with Crippen molar-refractivity contribution in [1.29, 1.82) is 0 Å². The highest BCUT2D eigenvalue weighted by atomic mass is 16.7. The Morgan fingerprint density at radius 2 is 2.22 bits per heavy atom. The van der Waals surface area contributed by atoms with E-state index in [2.05, 4.69) is 5.32 Å². The van der Waals surface area contributed by atoms with E-state index in [9.17, 15) is 5.11 Å². The Bertz CT molecular complexity index is 457. The molecular weight excluding hydrogens is 234 g/mol. The van der Waals surface area contributed by atoms with Crippen molar-refractivity contribution in [2.45, 2.75) is 24.9 Å². The molecule has 0 spiro atoms. The topological polar surface area (TPSA) is 60.0 Å². The first-order valence-corrected chi connectivity index (χ1v) is 6.09. The molecule has 5 nitrogen and oxygen atoms in total. The molecule has 0 saturated heterocycles. The predicted octanol–water partition coefficient (Wildman–Crippen LogP) is 1.04. The van der Waals surface area contributed by atoms with Crippen molar-refractivity contribution >= 4 is 0 Å². The van der Waals surface area contributed by atoms with Crippen LogP contribution in [0.25, 0.3) is 0 Å². The highest BCUT2D eigenvalue weighted by Crippen LogP contribution is 2.42. The first-order valence-electron chi connectivity index (χ1n) is 6.09. The molecule has 3 rings (SSSR count). The first kappa shape index (κ1) is 11.6. The maximum absolute atomic E-state index is 9.26. The van der Waals surface area contributed by atoms with Crippen molar-refractivity contribution in [1.82, 2.24) is 5.32 Å². The SMILES string of the molecule is COc1cc(CNC2(CO)CC2)cc2c1OCO2. The minimum Gasteiger partial charge on any atom is -0.493 e. The van der Waals surface area contributed by atoms with Gasteiger partial charge < -0.3 is 24.6 Å². The second-order valence-corrected chi connectivity index (χ2v) is 4.82. The van der Waals surface area contributed by atoms with Crippen LogP contribution in [0, 0.1) is 0 Å². The molecule has 0 atom stereocenters. The molecule has 0 aromatic heterocycles. The Labute approximate surface area is 106 Å². The van der Waals surface area contributed by atoms with Gasteiger partial charge in [-0.2, -0.15) is 0 Å². The number of ether oxygens (including phenoxy) is 3. The first-order chi connectivity index (χ1) is 8.76. The van der Waals surface area contributed by atoms with Gasteiger partial charge in [0.25, 0.3) is 0 Å². The molecule has 1 fully saturated rings. The van der Waals surface area contributed by atoms with Crippen LogP contribution < -0.4 is 19.5 Å². The Hall–Kier alpha value is -1.46. The summed E-state index contributed by atoms with van der Waals surface area (Å²) in [6, 6.07) is 3.89. The van der Waals surface area contributed by atoms with E-state index in [4.69, 9.17) is 14.2 Å². The van der Waals surface area contributed by atoms with E-state index < -0.39 is 0 Å². The fourth-order valence-corrected chi connectivity index (χ4v) is 2.12. The van der Waals surface area contributed by atoms with Gasteiger partial charge in [-0.15, -0.1) is 0 Å². The lowest BCUT2D eigenvalue weighted by atomic mass is 10.1. The molecular formula is C13H17NO4. The molecule has 1 aliphatic carbocycles. The molecule has 0 bridgehead atoms. The number of rotatable bonds is 5. The van der Waals surface area contributed by atoms with Crippen LogP contribution in [0.15, 0.2) is 12.1 Å². The van der Waals surface area contributed by atoms with E-state index in [-0.39, 0.29) is 18.9 Å². The van der Waals surface area contributed by atoms with Gasteiger partial charge in [0.1, 0.15) is 0 Å². The van der Waals surface area contributed by atoms with Crippen LogP contribution >= 0.6 is 0 Å². The van der Waals surface area contributed by atoms with E-state index in [1.807, 2.05) is 12.1 Å². The average molecular weight is 251 g/mol. The summed E-state index contributed by atoms with van der Waals surface area (Å²) in [6.07, 6.45) is 2.07. The van der Waals surface area contributed by atoms with Gasteiger partial charge in [-0.1, -0.05) is 0 Å². The predicted molar refractivity (Wildman–Crippen MR) is 65.0 cm³/mol. The molecule has 2 aliphatic rings. The van der Waals surface area contributed by atoms with Crippen molar-refractivity contribution in [3.8, 4) is 17.2 Å². The smallest absolute Gasteiger partial charge is 0.231 e. The van der Waals surface area contributed by atoms with Gasteiger partial charge in [0.05, 0.1) is 13.7 Å². The van der Waals surface area contributed by atoms with Crippen LogP contribution in [0.5, 0.6) is 17.2 Å². The molecule has 1 saturated carbocycles. The normalized spacial score (nSPS) is 18.8. The number of fused-ring (bicyclic) bond motifs is 1. The quantitative estimate of drug-likeness (QED) is 0.818. The van der Waals surface area contributed by atoms with E-state index in [0.717, 1.165) is 24.2 Å². The molecule has 0 unspecified atom stereocenters. The summed E-state index contributed by atoms with van der Waals surface area (Å²) < 4.78 is 16.0. The largest absolute Gasteiger partial charge is 0.493 e. The summed E-state index contributed by atoms with van der Waals surface area (Å²) in [5.74, 6) is 2.08. The fourth-order valence-electron chi connectivity index (χ4n) is 2.12. The molecule has 1 heterocycles. The molecule has 1 aromatic carbocycles. The number of aliphatic hydroxyl groups is 1. The zero-order valence-electron chi connectivity index (χ0n) is 10.4. The number of aliphatic hydroxyl groups excluding tert-OH is 1. The van der Waals surface area contributed by atoms with E-state index >= 15 is 0 Å². The fraction of sp³-hybridized carbons (Fsp3) is 0.538. The number of benzene rings is 1. The van der Waals surface area contributed by atoms with Crippen molar-refractivity contribution in [3.63, 3.8) is 0 Å². The zero-order valence-corrected chi connectivity index (χ0v) is 10.4. The minimum absolute atomic E-state index is 0.0659. The van der Waals surface area contributed by atoms with Crippen LogP contribution in [0.4, 0.5) is 0 Å². The van der Waals surface area contributed by atoms with Crippen LogP contribution in [0.1, 0.15) is 18.4 Å². The average Bonchev–Trinajstić information content (AvgIpc) is 3.04. The molecule has 1 aliphatic heterocycles. The third-order valence-electron chi connectivity index (χ3n) is 3.54. The lowest BCUT2D eigenvalue weighted by Crippen LogP contribution is -2.34. The lowest BCUT2D eigenvalue weighted by Gasteiger charge is -2.15. The third kappa shape index (κ3) is 2.00. The highest BCUT2D eigenvalue weighted by Gasteiger charge is 2.41. The summed E-state index contributed by atoms with van der Waals surface area (Å²) in [4.78, 5) is 0. The monoisotopic (exact) mass is 251 g/mol. The van der Waals surface area contributed by atoms with Gasteiger partial charge in [-0.05, 0) is 30.5 Å². The summed E-state index contributed by atoms with van der Waals surface area (Å²) in [5, 5.41) is 12.6. The highest BCUT2D eigenvalue weighted by molar-refractivity contribution is 5.55. The zero-order chi connectivity index (χ0) is 12.6. The van der Waals surface area contributed by atoms with Gasteiger partial charge in [-0.3, -0.25) is 0 Å². The number of hydrogen-bond acceptors (Lipinski definition) is 5. The Morgan fingerprint density at radius 3 is 2.89 bits per heavy atom. The second-order valence-electron chi connectivity index (χ2n) is 4.82. The standard InChI is InChI=1S/C13H17NO4/c1-16-10-4-9(5-11-12(10)18-8-17-11)6-14-13(7-15)2-3-13/h4-5,14-15H,2-3,6-8H2,1H3. The van der Waals surface area contributed by atoms with Gasteiger partial charge in [-0.25, -0.2) is 0 Å². The molecule has 1 aromatic rings. The van der Waals surface area contributed by atoms with Crippen LogP contribution in [-0.4, -0.2) is 31.2 Å². The van der Waals surface area contributed by atoms with Crippen molar-refractivity contribution in [2.24, 2.45) is 0 Å². The molecule has 18 heavy (non-hydrogen) atoms. The van der Waals surface area contributed by atoms with Gasteiger partial charge in [0.15, 0.2) is 11.5 Å². The van der Waals surface area contributed by atoms with Crippen molar-refractivity contribution in [3.05, 3.63) is 17.7 Å². The van der Waals surface area contributed by atoms with E-state index in [1.165, 1.54) is 0 Å². The Morgan fingerprint density at radius 1 is 1.39 bits per heavy atom. The summed E-state index contributed by atoms with van der Waals surface area (Å²) in [6.45, 7) is 1.12. The third-order valence-corrected chi connectivity index (χ3v) is 3.54. The summed E-state index contributed by atoms with van der Waals surface area (Å²) >= 11 is 0. The lowest BCUT2D eigenvalue weighted by molar-refractivity contribution is 0.171.